The highest BCUT2D eigenvalue weighted by molar-refractivity contribution is 7.86. The lowest BCUT2D eigenvalue weighted by Crippen LogP contribution is -1.96. The summed E-state index contributed by atoms with van der Waals surface area (Å²) in [6.45, 7) is 8.22. The van der Waals surface area contributed by atoms with E-state index in [0.717, 1.165) is 11.1 Å². The molecule has 2 aromatic rings. The molecule has 0 radical (unpaired) electrons. The van der Waals surface area contributed by atoms with E-state index < -0.39 is 20.2 Å². The third-order valence-corrected chi connectivity index (χ3v) is 6.33. The summed E-state index contributed by atoms with van der Waals surface area (Å²) in [5, 5.41) is 0. The van der Waals surface area contributed by atoms with Gasteiger partial charge in [0.05, 0.1) is 9.79 Å². The SMILES string of the molecule is CCCCCCCCCC.Cc1ccc(S(=O)(=O)O)cc1.Cc1ccc(S(=O)(=O)O)cc1. The Bertz CT molecular complexity index is 867. The van der Waals surface area contributed by atoms with Crippen LogP contribution in [0, 0.1) is 13.8 Å². The summed E-state index contributed by atoms with van der Waals surface area (Å²) < 4.78 is 59.1. The number of aryl methyl sites for hydroxylation is 2. The maximum Gasteiger partial charge on any atom is 0.294 e. The van der Waals surface area contributed by atoms with Gasteiger partial charge in [0, 0.05) is 0 Å². The number of hydrogen-bond acceptors (Lipinski definition) is 4. The van der Waals surface area contributed by atoms with Crippen molar-refractivity contribution in [3.05, 3.63) is 59.7 Å². The molecule has 8 heteroatoms. The van der Waals surface area contributed by atoms with Gasteiger partial charge in [0.2, 0.25) is 0 Å². The van der Waals surface area contributed by atoms with Crippen LogP contribution < -0.4 is 0 Å². The minimum atomic E-state index is -4.02. The molecule has 2 aromatic carbocycles. The molecule has 0 saturated heterocycles. The normalized spacial score (nSPS) is 11.1. The highest BCUT2D eigenvalue weighted by atomic mass is 32.2. The topological polar surface area (TPSA) is 109 Å². The fourth-order valence-corrected chi connectivity index (χ4v) is 3.59. The molecule has 0 fully saturated rings. The summed E-state index contributed by atoms with van der Waals surface area (Å²) >= 11 is 0. The van der Waals surface area contributed by atoms with Crippen LogP contribution in [-0.2, 0) is 20.2 Å². The summed E-state index contributed by atoms with van der Waals surface area (Å²) in [6, 6.07) is 12.0. The predicted molar refractivity (Wildman–Crippen MR) is 130 cm³/mol. The monoisotopic (exact) mass is 486 g/mol. The second-order valence-electron chi connectivity index (χ2n) is 7.70. The summed E-state index contributed by atoms with van der Waals surface area (Å²) in [7, 11) is -8.04. The minimum Gasteiger partial charge on any atom is -0.282 e. The quantitative estimate of drug-likeness (QED) is 0.304. The van der Waals surface area contributed by atoms with Crippen LogP contribution in [0.25, 0.3) is 0 Å². The van der Waals surface area contributed by atoms with Crippen molar-refractivity contribution in [3.8, 4) is 0 Å². The van der Waals surface area contributed by atoms with Crippen LogP contribution in [0.4, 0.5) is 0 Å². The predicted octanol–water partition coefficient (Wildman–Crippen LogP) is 6.63. The summed E-state index contributed by atoms with van der Waals surface area (Å²) in [6.07, 6.45) is 11.5. The smallest absolute Gasteiger partial charge is 0.282 e. The summed E-state index contributed by atoms with van der Waals surface area (Å²) in [5.74, 6) is 0. The molecule has 2 N–H and O–H groups in total. The van der Waals surface area contributed by atoms with Gasteiger partial charge in [-0.15, -0.1) is 0 Å². The summed E-state index contributed by atoms with van der Waals surface area (Å²) in [4.78, 5) is -0.133. The number of rotatable bonds is 9. The zero-order valence-corrected chi connectivity index (χ0v) is 21.3. The van der Waals surface area contributed by atoms with Crippen LogP contribution >= 0.6 is 0 Å². The van der Waals surface area contributed by atoms with Crippen LogP contribution in [0.3, 0.4) is 0 Å². The molecule has 0 saturated carbocycles. The van der Waals surface area contributed by atoms with E-state index in [2.05, 4.69) is 13.8 Å². The number of hydrogen-bond donors (Lipinski definition) is 2. The molecule has 0 aromatic heterocycles. The van der Waals surface area contributed by atoms with Crippen molar-refractivity contribution in [1.82, 2.24) is 0 Å². The lowest BCUT2D eigenvalue weighted by atomic mass is 10.1. The molecule has 0 aliphatic rings. The van der Waals surface area contributed by atoms with Gasteiger partial charge in [-0.25, -0.2) is 0 Å². The second kappa shape index (κ2) is 16.0. The molecule has 2 rings (SSSR count). The number of unbranched alkanes of at least 4 members (excludes halogenated alkanes) is 7. The first-order valence-electron chi connectivity index (χ1n) is 11.0. The zero-order chi connectivity index (χ0) is 24.6. The van der Waals surface area contributed by atoms with Crippen molar-refractivity contribution in [3.63, 3.8) is 0 Å². The maximum absolute atomic E-state index is 10.5. The van der Waals surface area contributed by atoms with Gasteiger partial charge in [-0.3, -0.25) is 9.11 Å². The lowest BCUT2D eigenvalue weighted by Gasteiger charge is -1.97. The Labute approximate surface area is 194 Å². The van der Waals surface area contributed by atoms with Crippen molar-refractivity contribution in [2.45, 2.75) is 88.9 Å². The molecule has 0 atom stereocenters. The summed E-state index contributed by atoms with van der Waals surface area (Å²) in [5.41, 5.74) is 1.91. The third-order valence-electron chi connectivity index (χ3n) is 4.59. The lowest BCUT2D eigenvalue weighted by molar-refractivity contribution is 0.481. The molecular weight excluding hydrogens is 448 g/mol. The molecule has 0 aliphatic heterocycles. The first kappa shape index (κ1) is 30.3. The van der Waals surface area contributed by atoms with Crippen LogP contribution in [0.15, 0.2) is 58.3 Å². The molecule has 0 unspecified atom stereocenters. The Morgan fingerprint density at radius 3 is 1.00 bits per heavy atom. The molecule has 0 aliphatic carbocycles. The van der Waals surface area contributed by atoms with Gasteiger partial charge in [-0.2, -0.15) is 16.8 Å². The Hall–Kier alpha value is -1.74. The molecular formula is C24H38O6S2. The Morgan fingerprint density at radius 2 is 0.781 bits per heavy atom. The largest absolute Gasteiger partial charge is 0.294 e. The average molecular weight is 487 g/mol. The maximum atomic E-state index is 10.5. The van der Waals surface area contributed by atoms with E-state index in [4.69, 9.17) is 9.11 Å². The van der Waals surface area contributed by atoms with Crippen LogP contribution in [-0.4, -0.2) is 25.9 Å². The molecule has 0 bridgehead atoms. The van der Waals surface area contributed by atoms with Crippen molar-refractivity contribution in [1.29, 1.82) is 0 Å². The van der Waals surface area contributed by atoms with E-state index in [0.29, 0.717) is 0 Å². The second-order valence-corrected chi connectivity index (χ2v) is 10.5. The van der Waals surface area contributed by atoms with Gasteiger partial charge < -0.3 is 0 Å². The fraction of sp³-hybridized carbons (Fsp3) is 0.500. The van der Waals surface area contributed by atoms with E-state index in [9.17, 15) is 16.8 Å². The van der Waals surface area contributed by atoms with Gasteiger partial charge in [0.15, 0.2) is 0 Å². The van der Waals surface area contributed by atoms with E-state index in [1.165, 1.54) is 75.6 Å². The standard InChI is InChI=1S/C10H22.2C7H8O3S/c1-3-5-7-9-10-8-6-4-2;2*1-6-2-4-7(5-3-6)11(8,9)10/h3-10H2,1-2H3;2*2-5H,1H3,(H,8,9,10). The minimum absolute atomic E-state index is 0.0666. The van der Waals surface area contributed by atoms with E-state index in [1.807, 2.05) is 13.8 Å². The van der Waals surface area contributed by atoms with Crippen molar-refractivity contribution < 1.29 is 25.9 Å². The molecule has 6 nitrogen and oxygen atoms in total. The average Bonchev–Trinajstić information content (AvgIpc) is 2.71. The third kappa shape index (κ3) is 15.1. The van der Waals surface area contributed by atoms with Crippen molar-refractivity contribution in [2.24, 2.45) is 0 Å². The van der Waals surface area contributed by atoms with Gasteiger partial charge in [0.1, 0.15) is 0 Å². The van der Waals surface area contributed by atoms with E-state index in [1.54, 1.807) is 24.3 Å². The van der Waals surface area contributed by atoms with Gasteiger partial charge in [-0.05, 0) is 38.1 Å². The Morgan fingerprint density at radius 1 is 0.531 bits per heavy atom. The van der Waals surface area contributed by atoms with Crippen LogP contribution in [0.1, 0.15) is 76.3 Å². The highest BCUT2D eigenvalue weighted by Gasteiger charge is 2.07. The van der Waals surface area contributed by atoms with E-state index >= 15 is 0 Å². The van der Waals surface area contributed by atoms with Crippen molar-refractivity contribution >= 4 is 20.2 Å². The van der Waals surface area contributed by atoms with Crippen LogP contribution in [0.5, 0.6) is 0 Å². The fourth-order valence-electron chi connectivity index (χ4n) is 2.63. The number of benzene rings is 2. The van der Waals surface area contributed by atoms with E-state index in [-0.39, 0.29) is 9.79 Å². The molecule has 0 heterocycles. The Balaban J connectivity index is 0.000000452. The van der Waals surface area contributed by atoms with Crippen LogP contribution in [0.2, 0.25) is 0 Å². The van der Waals surface area contributed by atoms with Gasteiger partial charge in [0.25, 0.3) is 20.2 Å². The van der Waals surface area contributed by atoms with Gasteiger partial charge >= 0.3 is 0 Å². The highest BCUT2D eigenvalue weighted by Crippen LogP contribution is 2.10. The molecule has 182 valence electrons. The molecule has 0 amide bonds. The van der Waals surface area contributed by atoms with Crippen molar-refractivity contribution in [2.75, 3.05) is 0 Å². The van der Waals surface area contributed by atoms with Gasteiger partial charge in [-0.1, -0.05) is 101 Å². The zero-order valence-electron chi connectivity index (χ0n) is 19.6. The first-order valence-corrected chi connectivity index (χ1v) is 13.9. The molecule has 0 spiro atoms. The Kier molecular flexibility index (Phi) is 15.1. The molecule has 32 heavy (non-hydrogen) atoms. The first-order chi connectivity index (χ1) is 14.9.